The standard InChI is InChI=1S/C16H26N2/c1-4-18(11-13(2)3)12-14-9-15-7-5-6-8-16(15)17-10-14/h5-8,13-14,17H,4,9-12H2,1-3H3. The van der Waals surface area contributed by atoms with Gasteiger partial charge in [-0.05, 0) is 36.4 Å². The molecule has 0 spiro atoms. The van der Waals surface area contributed by atoms with Crippen molar-refractivity contribution >= 4 is 5.69 Å². The molecular weight excluding hydrogens is 220 g/mol. The predicted octanol–water partition coefficient (Wildman–Crippen LogP) is 3.25. The van der Waals surface area contributed by atoms with E-state index in [-0.39, 0.29) is 0 Å². The minimum atomic E-state index is 0.749. The van der Waals surface area contributed by atoms with Crippen LogP contribution in [-0.2, 0) is 6.42 Å². The summed E-state index contributed by atoms with van der Waals surface area (Å²) in [5.41, 5.74) is 2.81. The SMILES string of the molecule is CCN(CC(C)C)CC1CNc2ccccc2C1. The minimum Gasteiger partial charge on any atom is -0.384 e. The van der Waals surface area contributed by atoms with Crippen molar-refractivity contribution in [1.82, 2.24) is 4.90 Å². The van der Waals surface area contributed by atoms with E-state index < -0.39 is 0 Å². The second-order valence-electron chi connectivity index (χ2n) is 5.85. The molecular formula is C16H26N2. The van der Waals surface area contributed by atoms with Crippen molar-refractivity contribution in [2.24, 2.45) is 11.8 Å². The summed E-state index contributed by atoms with van der Waals surface area (Å²) in [6.07, 6.45) is 1.22. The lowest BCUT2D eigenvalue weighted by Crippen LogP contribution is -2.37. The van der Waals surface area contributed by atoms with Crippen molar-refractivity contribution in [3.63, 3.8) is 0 Å². The number of hydrogen-bond donors (Lipinski definition) is 1. The smallest absolute Gasteiger partial charge is 0.0372 e. The second-order valence-corrected chi connectivity index (χ2v) is 5.85. The summed E-state index contributed by atoms with van der Waals surface area (Å²) in [5, 5.41) is 3.57. The fourth-order valence-electron chi connectivity index (χ4n) is 2.85. The Bertz CT molecular complexity index is 373. The maximum atomic E-state index is 3.57. The molecule has 1 unspecified atom stereocenters. The monoisotopic (exact) mass is 246 g/mol. The number of nitrogens with one attached hydrogen (secondary N) is 1. The van der Waals surface area contributed by atoms with Crippen LogP contribution in [0, 0.1) is 11.8 Å². The normalized spacial score (nSPS) is 18.8. The molecule has 100 valence electrons. The summed E-state index contributed by atoms with van der Waals surface area (Å²) in [6.45, 7) is 11.6. The van der Waals surface area contributed by atoms with Crippen LogP contribution in [0.3, 0.4) is 0 Å². The van der Waals surface area contributed by atoms with Crippen molar-refractivity contribution in [3.05, 3.63) is 29.8 Å². The molecule has 0 radical (unpaired) electrons. The zero-order valence-electron chi connectivity index (χ0n) is 11.9. The number of para-hydroxylation sites is 1. The van der Waals surface area contributed by atoms with Crippen LogP contribution in [0.4, 0.5) is 5.69 Å². The third-order valence-corrected chi connectivity index (χ3v) is 3.69. The van der Waals surface area contributed by atoms with E-state index in [1.54, 1.807) is 0 Å². The maximum absolute atomic E-state index is 3.57. The van der Waals surface area contributed by atoms with Crippen LogP contribution >= 0.6 is 0 Å². The van der Waals surface area contributed by atoms with E-state index in [0.717, 1.165) is 24.9 Å². The Morgan fingerprint density at radius 3 is 2.83 bits per heavy atom. The third-order valence-electron chi connectivity index (χ3n) is 3.69. The first kappa shape index (κ1) is 13.4. The first-order chi connectivity index (χ1) is 8.69. The first-order valence-electron chi connectivity index (χ1n) is 7.23. The Labute approximate surface area is 111 Å². The summed E-state index contributed by atoms with van der Waals surface area (Å²) in [6, 6.07) is 8.71. The Kier molecular flexibility index (Phi) is 4.65. The molecule has 2 heteroatoms. The topological polar surface area (TPSA) is 15.3 Å². The summed E-state index contributed by atoms with van der Waals surface area (Å²) in [7, 11) is 0. The van der Waals surface area contributed by atoms with E-state index in [1.807, 2.05) is 0 Å². The third kappa shape index (κ3) is 3.49. The van der Waals surface area contributed by atoms with E-state index in [9.17, 15) is 0 Å². The average Bonchev–Trinajstić information content (AvgIpc) is 2.37. The van der Waals surface area contributed by atoms with Crippen LogP contribution in [0.2, 0.25) is 0 Å². The molecule has 0 saturated heterocycles. The highest BCUT2D eigenvalue weighted by molar-refractivity contribution is 5.53. The van der Waals surface area contributed by atoms with Crippen molar-refractivity contribution in [2.45, 2.75) is 27.2 Å². The van der Waals surface area contributed by atoms with E-state index in [4.69, 9.17) is 0 Å². The lowest BCUT2D eigenvalue weighted by Gasteiger charge is -2.31. The van der Waals surface area contributed by atoms with Gasteiger partial charge in [0.15, 0.2) is 0 Å². The Morgan fingerprint density at radius 2 is 2.11 bits per heavy atom. The average molecular weight is 246 g/mol. The van der Waals surface area contributed by atoms with Gasteiger partial charge >= 0.3 is 0 Å². The number of hydrogen-bond acceptors (Lipinski definition) is 2. The highest BCUT2D eigenvalue weighted by atomic mass is 15.1. The van der Waals surface area contributed by atoms with Crippen molar-refractivity contribution < 1.29 is 0 Å². The van der Waals surface area contributed by atoms with Crippen molar-refractivity contribution in [1.29, 1.82) is 0 Å². The molecule has 2 rings (SSSR count). The molecule has 0 aliphatic carbocycles. The van der Waals surface area contributed by atoms with Gasteiger partial charge in [0.05, 0.1) is 0 Å². The molecule has 1 aliphatic rings. The van der Waals surface area contributed by atoms with E-state index in [0.29, 0.717) is 0 Å². The second kappa shape index (κ2) is 6.24. The molecule has 1 N–H and O–H groups in total. The van der Waals surface area contributed by atoms with Crippen molar-refractivity contribution in [3.8, 4) is 0 Å². The van der Waals surface area contributed by atoms with Crippen LogP contribution in [0.25, 0.3) is 0 Å². The van der Waals surface area contributed by atoms with Crippen LogP contribution in [0.1, 0.15) is 26.3 Å². The van der Waals surface area contributed by atoms with Gasteiger partial charge in [0.25, 0.3) is 0 Å². The summed E-state index contributed by atoms with van der Waals surface area (Å²) >= 11 is 0. The molecule has 1 aromatic rings. The molecule has 1 atom stereocenters. The lowest BCUT2D eigenvalue weighted by molar-refractivity contribution is 0.219. The Morgan fingerprint density at radius 1 is 1.33 bits per heavy atom. The Hall–Kier alpha value is -1.02. The van der Waals surface area contributed by atoms with Gasteiger partial charge in [-0.15, -0.1) is 0 Å². The molecule has 18 heavy (non-hydrogen) atoms. The maximum Gasteiger partial charge on any atom is 0.0372 e. The summed E-state index contributed by atoms with van der Waals surface area (Å²) in [5.74, 6) is 1.51. The molecule has 0 saturated carbocycles. The number of benzene rings is 1. The van der Waals surface area contributed by atoms with Gasteiger partial charge in [-0.3, -0.25) is 0 Å². The summed E-state index contributed by atoms with van der Waals surface area (Å²) in [4.78, 5) is 2.59. The fraction of sp³-hybridized carbons (Fsp3) is 0.625. The lowest BCUT2D eigenvalue weighted by atomic mass is 9.93. The van der Waals surface area contributed by atoms with Crippen LogP contribution in [-0.4, -0.2) is 31.1 Å². The molecule has 1 aromatic carbocycles. The largest absolute Gasteiger partial charge is 0.384 e. The van der Waals surface area contributed by atoms with E-state index in [1.165, 1.54) is 30.8 Å². The zero-order chi connectivity index (χ0) is 13.0. The molecule has 1 heterocycles. The quantitative estimate of drug-likeness (QED) is 0.858. The van der Waals surface area contributed by atoms with E-state index in [2.05, 4.69) is 55.3 Å². The number of rotatable bonds is 5. The minimum absolute atomic E-state index is 0.749. The van der Waals surface area contributed by atoms with Gasteiger partial charge in [0.1, 0.15) is 0 Å². The number of nitrogens with zero attached hydrogens (tertiary/aromatic N) is 1. The van der Waals surface area contributed by atoms with Gasteiger partial charge in [-0.2, -0.15) is 0 Å². The molecule has 0 bridgehead atoms. The van der Waals surface area contributed by atoms with Crippen LogP contribution in [0.5, 0.6) is 0 Å². The van der Waals surface area contributed by atoms with Gasteiger partial charge < -0.3 is 10.2 Å². The van der Waals surface area contributed by atoms with Crippen molar-refractivity contribution in [2.75, 3.05) is 31.5 Å². The number of anilines is 1. The van der Waals surface area contributed by atoms with Gasteiger partial charge in [-0.25, -0.2) is 0 Å². The molecule has 0 fully saturated rings. The van der Waals surface area contributed by atoms with Crippen LogP contribution < -0.4 is 5.32 Å². The van der Waals surface area contributed by atoms with Crippen LogP contribution in [0.15, 0.2) is 24.3 Å². The highest BCUT2D eigenvalue weighted by Gasteiger charge is 2.20. The van der Waals surface area contributed by atoms with Gasteiger partial charge in [0.2, 0.25) is 0 Å². The molecule has 2 nitrogen and oxygen atoms in total. The van der Waals surface area contributed by atoms with E-state index >= 15 is 0 Å². The fourth-order valence-corrected chi connectivity index (χ4v) is 2.85. The Balaban J connectivity index is 1.92. The zero-order valence-corrected chi connectivity index (χ0v) is 11.9. The highest BCUT2D eigenvalue weighted by Crippen LogP contribution is 2.24. The number of fused-ring (bicyclic) bond motifs is 1. The van der Waals surface area contributed by atoms with Gasteiger partial charge in [-0.1, -0.05) is 39.0 Å². The molecule has 0 amide bonds. The molecule has 0 aromatic heterocycles. The summed E-state index contributed by atoms with van der Waals surface area (Å²) < 4.78 is 0. The van der Waals surface area contributed by atoms with Gasteiger partial charge in [0, 0.05) is 25.3 Å². The molecule has 1 aliphatic heterocycles. The predicted molar refractivity (Wildman–Crippen MR) is 79.1 cm³/mol. The first-order valence-corrected chi connectivity index (χ1v) is 7.23.